The molecule has 1 aliphatic heterocycles. The Bertz CT molecular complexity index is 447. The van der Waals surface area contributed by atoms with Crippen LogP contribution in [0.1, 0.15) is 38.1 Å². The number of rotatable bonds is 3. The Labute approximate surface area is 109 Å². The van der Waals surface area contributed by atoms with Crippen molar-refractivity contribution < 1.29 is 0 Å². The lowest BCUT2D eigenvalue weighted by Gasteiger charge is -2.34. The molecule has 0 bridgehead atoms. The molecule has 1 fully saturated rings. The number of likely N-dealkylation sites (tertiary alicyclic amines) is 1. The molecule has 4 nitrogen and oxygen atoms in total. The third-order valence-electron chi connectivity index (χ3n) is 3.90. The third-order valence-corrected chi connectivity index (χ3v) is 3.90. The lowest BCUT2D eigenvalue weighted by Crippen LogP contribution is -2.38. The van der Waals surface area contributed by atoms with Crippen LogP contribution in [0.3, 0.4) is 0 Å². The number of aromatic nitrogens is 2. The summed E-state index contributed by atoms with van der Waals surface area (Å²) in [5, 5.41) is 13.6. The van der Waals surface area contributed by atoms with E-state index in [9.17, 15) is 0 Å². The van der Waals surface area contributed by atoms with E-state index in [4.69, 9.17) is 5.26 Å². The highest BCUT2D eigenvalue weighted by atomic mass is 15.3. The molecule has 2 heterocycles. The Morgan fingerprint density at radius 1 is 1.44 bits per heavy atom. The van der Waals surface area contributed by atoms with Crippen LogP contribution in [0.2, 0.25) is 0 Å². The van der Waals surface area contributed by atoms with E-state index in [-0.39, 0.29) is 5.41 Å². The van der Waals surface area contributed by atoms with Crippen molar-refractivity contribution in [2.24, 2.45) is 5.41 Å². The van der Waals surface area contributed by atoms with E-state index < -0.39 is 0 Å². The van der Waals surface area contributed by atoms with Crippen LogP contribution < -0.4 is 0 Å². The molecule has 1 saturated heterocycles. The molecule has 0 spiro atoms. The Hall–Kier alpha value is -1.34. The predicted molar refractivity (Wildman–Crippen MR) is 70.9 cm³/mol. The molecule has 0 unspecified atom stereocenters. The van der Waals surface area contributed by atoms with Crippen LogP contribution in [0.15, 0.2) is 6.07 Å². The molecule has 98 valence electrons. The Morgan fingerprint density at radius 2 is 2.11 bits per heavy atom. The van der Waals surface area contributed by atoms with Crippen LogP contribution in [0.5, 0.6) is 0 Å². The molecule has 0 atom stereocenters. The Balaban J connectivity index is 1.98. The normalized spacial score (nSPS) is 19.7. The SMILES string of the molecule is CCn1nc(C)cc1CN1CCC(C)(C#N)CC1. The van der Waals surface area contributed by atoms with Crippen LogP contribution in [0, 0.1) is 23.7 Å². The lowest BCUT2D eigenvalue weighted by atomic mass is 9.82. The van der Waals surface area contributed by atoms with Crippen molar-refractivity contribution in [2.75, 3.05) is 13.1 Å². The average Bonchev–Trinajstić information content (AvgIpc) is 2.73. The van der Waals surface area contributed by atoms with E-state index >= 15 is 0 Å². The van der Waals surface area contributed by atoms with E-state index in [2.05, 4.69) is 40.7 Å². The van der Waals surface area contributed by atoms with Crippen molar-refractivity contribution in [3.63, 3.8) is 0 Å². The summed E-state index contributed by atoms with van der Waals surface area (Å²) in [4.78, 5) is 2.43. The van der Waals surface area contributed by atoms with Gasteiger partial charge in [-0.2, -0.15) is 10.4 Å². The van der Waals surface area contributed by atoms with Gasteiger partial charge >= 0.3 is 0 Å². The highest BCUT2D eigenvalue weighted by Crippen LogP contribution is 2.30. The first-order chi connectivity index (χ1) is 8.56. The molecule has 1 aromatic rings. The van der Waals surface area contributed by atoms with Gasteiger partial charge in [-0.15, -0.1) is 0 Å². The topological polar surface area (TPSA) is 44.9 Å². The molecule has 1 aromatic heterocycles. The molecule has 0 aliphatic carbocycles. The fraction of sp³-hybridized carbons (Fsp3) is 0.714. The summed E-state index contributed by atoms with van der Waals surface area (Å²) in [5.74, 6) is 0. The fourth-order valence-corrected chi connectivity index (χ4v) is 2.55. The number of aryl methyl sites for hydroxylation is 2. The van der Waals surface area contributed by atoms with Crippen molar-refractivity contribution in [1.82, 2.24) is 14.7 Å². The summed E-state index contributed by atoms with van der Waals surface area (Å²) in [7, 11) is 0. The quantitative estimate of drug-likeness (QED) is 0.822. The molecule has 0 amide bonds. The van der Waals surface area contributed by atoms with E-state index in [0.717, 1.165) is 44.7 Å². The minimum atomic E-state index is -0.114. The summed E-state index contributed by atoms with van der Waals surface area (Å²) in [6.45, 7) is 10.1. The minimum Gasteiger partial charge on any atom is -0.297 e. The van der Waals surface area contributed by atoms with Gasteiger partial charge < -0.3 is 0 Å². The monoisotopic (exact) mass is 246 g/mol. The smallest absolute Gasteiger partial charge is 0.0687 e. The van der Waals surface area contributed by atoms with Crippen molar-refractivity contribution in [3.05, 3.63) is 17.5 Å². The zero-order valence-corrected chi connectivity index (χ0v) is 11.6. The summed E-state index contributed by atoms with van der Waals surface area (Å²) in [5.41, 5.74) is 2.26. The minimum absolute atomic E-state index is 0.114. The lowest BCUT2D eigenvalue weighted by molar-refractivity contribution is 0.147. The molecular weight excluding hydrogens is 224 g/mol. The van der Waals surface area contributed by atoms with Gasteiger partial charge in [0.1, 0.15) is 0 Å². The largest absolute Gasteiger partial charge is 0.297 e. The second kappa shape index (κ2) is 5.11. The zero-order valence-electron chi connectivity index (χ0n) is 11.6. The number of hydrogen-bond donors (Lipinski definition) is 0. The Kier molecular flexibility index (Phi) is 3.72. The second-order valence-electron chi connectivity index (χ2n) is 5.54. The van der Waals surface area contributed by atoms with Gasteiger partial charge in [0, 0.05) is 26.2 Å². The van der Waals surface area contributed by atoms with Crippen LogP contribution in [0.4, 0.5) is 0 Å². The molecule has 4 heteroatoms. The standard InChI is InChI=1S/C14H22N4/c1-4-18-13(9-12(2)16-18)10-17-7-5-14(3,11-15)6-8-17/h9H,4-8,10H2,1-3H3. The number of piperidine rings is 1. The summed E-state index contributed by atoms with van der Waals surface area (Å²) < 4.78 is 2.08. The summed E-state index contributed by atoms with van der Waals surface area (Å²) >= 11 is 0. The summed E-state index contributed by atoms with van der Waals surface area (Å²) in [6, 6.07) is 4.62. The number of nitriles is 1. The maximum absolute atomic E-state index is 9.13. The average molecular weight is 246 g/mol. The first-order valence-corrected chi connectivity index (χ1v) is 6.73. The van der Waals surface area contributed by atoms with Crippen molar-refractivity contribution in [2.45, 2.75) is 46.7 Å². The van der Waals surface area contributed by atoms with Crippen LogP contribution in [-0.4, -0.2) is 27.8 Å². The van der Waals surface area contributed by atoms with Gasteiger partial charge in [-0.05, 0) is 39.7 Å². The van der Waals surface area contributed by atoms with Crippen molar-refractivity contribution in [3.8, 4) is 6.07 Å². The van der Waals surface area contributed by atoms with E-state index in [0.29, 0.717) is 0 Å². The number of hydrogen-bond acceptors (Lipinski definition) is 3. The van der Waals surface area contributed by atoms with Gasteiger partial charge in [-0.1, -0.05) is 0 Å². The molecule has 18 heavy (non-hydrogen) atoms. The zero-order chi connectivity index (χ0) is 13.2. The summed E-state index contributed by atoms with van der Waals surface area (Å²) in [6.07, 6.45) is 1.95. The highest BCUT2D eigenvalue weighted by molar-refractivity contribution is 5.09. The molecule has 2 rings (SSSR count). The van der Waals surface area contributed by atoms with Crippen LogP contribution >= 0.6 is 0 Å². The molecule has 0 radical (unpaired) electrons. The predicted octanol–water partition coefficient (Wildman–Crippen LogP) is 2.34. The third kappa shape index (κ3) is 2.73. The van der Waals surface area contributed by atoms with Gasteiger partial charge in [0.05, 0.1) is 22.9 Å². The molecule has 0 saturated carbocycles. The highest BCUT2D eigenvalue weighted by Gasteiger charge is 2.30. The van der Waals surface area contributed by atoms with Gasteiger partial charge in [-0.25, -0.2) is 0 Å². The van der Waals surface area contributed by atoms with Gasteiger partial charge in [0.2, 0.25) is 0 Å². The van der Waals surface area contributed by atoms with E-state index in [1.807, 2.05) is 6.92 Å². The van der Waals surface area contributed by atoms with Crippen LogP contribution in [-0.2, 0) is 13.1 Å². The first-order valence-electron chi connectivity index (χ1n) is 6.73. The second-order valence-corrected chi connectivity index (χ2v) is 5.54. The van der Waals surface area contributed by atoms with Crippen LogP contribution in [0.25, 0.3) is 0 Å². The van der Waals surface area contributed by atoms with Crippen molar-refractivity contribution in [1.29, 1.82) is 5.26 Å². The Morgan fingerprint density at radius 3 is 2.67 bits per heavy atom. The van der Waals surface area contributed by atoms with Gasteiger partial charge in [0.25, 0.3) is 0 Å². The molecule has 1 aliphatic rings. The first kappa shape index (κ1) is 13.1. The molecular formula is C14H22N4. The maximum atomic E-state index is 9.13. The molecule has 0 N–H and O–H groups in total. The van der Waals surface area contributed by atoms with E-state index in [1.165, 1.54) is 5.69 Å². The number of nitrogens with zero attached hydrogens (tertiary/aromatic N) is 4. The molecule has 0 aromatic carbocycles. The van der Waals surface area contributed by atoms with Gasteiger partial charge in [-0.3, -0.25) is 9.58 Å². The van der Waals surface area contributed by atoms with Gasteiger partial charge in [0.15, 0.2) is 0 Å². The maximum Gasteiger partial charge on any atom is 0.0687 e. The van der Waals surface area contributed by atoms with E-state index in [1.54, 1.807) is 0 Å². The van der Waals surface area contributed by atoms with Crippen molar-refractivity contribution >= 4 is 0 Å². The fourth-order valence-electron chi connectivity index (χ4n) is 2.55.